The molecule has 36 heavy (non-hydrogen) atoms. The van der Waals surface area contributed by atoms with Crippen molar-refractivity contribution in [3.8, 4) is 11.5 Å². The van der Waals surface area contributed by atoms with Crippen molar-refractivity contribution < 1.29 is 14.1 Å². The van der Waals surface area contributed by atoms with Crippen LogP contribution in [0.4, 0.5) is 10.6 Å². The number of halogens is 1. The summed E-state index contributed by atoms with van der Waals surface area (Å²) in [7, 11) is 0. The molecule has 3 heterocycles. The molecule has 2 saturated heterocycles. The van der Waals surface area contributed by atoms with E-state index in [2.05, 4.69) is 27.5 Å². The van der Waals surface area contributed by atoms with Crippen molar-refractivity contribution in [3.05, 3.63) is 83.4 Å². The smallest absolute Gasteiger partial charge is 0.323 e. The molecule has 7 nitrogen and oxygen atoms in total. The molecule has 0 atom stereocenters. The van der Waals surface area contributed by atoms with Crippen molar-refractivity contribution in [2.45, 2.75) is 19.4 Å². The molecule has 0 unspecified atom stereocenters. The highest BCUT2D eigenvalue weighted by molar-refractivity contribution is 6.30. The van der Waals surface area contributed by atoms with Crippen molar-refractivity contribution in [2.24, 2.45) is 5.41 Å². The number of aromatic nitrogens is 1. The molecule has 0 saturated carbocycles. The van der Waals surface area contributed by atoms with Crippen LogP contribution in [0, 0.1) is 5.41 Å². The van der Waals surface area contributed by atoms with Crippen LogP contribution in [0.2, 0.25) is 5.02 Å². The molecule has 1 N–H and O–H groups in total. The fraction of sp³-hybridized carbons (Fsp3) is 0.286. The van der Waals surface area contributed by atoms with Crippen LogP contribution < -0.4 is 10.1 Å². The number of carbonyl (C=O) groups excluding carboxylic acids is 1. The number of para-hydroxylation sites is 1. The molecule has 1 spiro atoms. The zero-order valence-corrected chi connectivity index (χ0v) is 20.6. The maximum atomic E-state index is 12.8. The molecule has 0 bridgehead atoms. The van der Waals surface area contributed by atoms with Gasteiger partial charge in [-0.25, -0.2) is 4.79 Å². The number of anilines is 1. The molecule has 2 aliphatic heterocycles. The number of rotatable bonds is 5. The molecule has 0 aliphatic carbocycles. The van der Waals surface area contributed by atoms with Gasteiger partial charge in [0.2, 0.25) is 0 Å². The van der Waals surface area contributed by atoms with Gasteiger partial charge in [0, 0.05) is 37.7 Å². The van der Waals surface area contributed by atoms with Crippen molar-refractivity contribution in [1.29, 1.82) is 0 Å². The van der Waals surface area contributed by atoms with Gasteiger partial charge in [0.05, 0.1) is 5.39 Å². The minimum Gasteiger partial charge on any atom is -0.457 e. The van der Waals surface area contributed by atoms with E-state index >= 15 is 0 Å². The summed E-state index contributed by atoms with van der Waals surface area (Å²) in [6.07, 6.45) is 2.02. The lowest BCUT2D eigenvalue weighted by Gasteiger charge is -2.54. The molecular formula is C28H27ClN4O3. The first-order valence-electron chi connectivity index (χ1n) is 12.2. The molecule has 6 rings (SSSR count). The number of benzene rings is 3. The molecule has 4 aromatic rings. The van der Waals surface area contributed by atoms with Gasteiger partial charge in [-0.2, -0.15) is 0 Å². The minimum atomic E-state index is -0.113. The second-order valence-corrected chi connectivity index (χ2v) is 10.2. The van der Waals surface area contributed by atoms with Gasteiger partial charge in [-0.15, -0.1) is 0 Å². The lowest BCUT2D eigenvalue weighted by Crippen LogP contribution is -2.60. The molecule has 2 fully saturated rings. The zero-order valence-electron chi connectivity index (χ0n) is 19.8. The quantitative estimate of drug-likeness (QED) is 0.342. The Kier molecular flexibility index (Phi) is 6.03. The van der Waals surface area contributed by atoms with Crippen molar-refractivity contribution in [1.82, 2.24) is 15.0 Å². The van der Waals surface area contributed by atoms with E-state index < -0.39 is 0 Å². The fourth-order valence-corrected chi connectivity index (χ4v) is 5.40. The second-order valence-electron chi connectivity index (χ2n) is 9.79. The second kappa shape index (κ2) is 9.48. The highest BCUT2D eigenvalue weighted by atomic mass is 35.5. The number of nitrogens with zero attached hydrogens (tertiary/aromatic N) is 3. The zero-order chi connectivity index (χ0) is 24.5. The third kappa shape index (κ3) is 4.76. The topological polar surface area (TPSA) is 70.8 Å². The summed E-state index contributed by atoms with van der Waals surface area (Å²) < 4.78 is 11.3. The van der Waals surface area contributed by atoms with Gasteiger partial charge in [0.1, 0.15) is 11.5 Å². The molecule has 2 aliphatic rings. The van der Waals surface area contributed by atoms with Crippen molar-refractivity contribution in [3.63, 3.8) is 0 Å². The number of carbonyl (C=O) groups is 1. The number of nitrogens with one attached hydrogen (secondary N) is 1. The molecule has 0 radical (unpaired) electrons. The predicted molar refractivity (Wildman–Crippen MR) is 140 cm³/mol. The summed E-state index contributed by atoms with van der Waals surface area (Å²) in [6.45, 7) is 4.50. The van der Waals surface area contributed by atoms with E-state index in [1.807, 2.05) is 65.6 Å². The highest BCUT2D eigenvalue weighted by Crippen LogP contribution is 2.41. The standard InChI is InChI=1S/C28H27ClN4O3/c29-21-8-10-22(11-9-21)35-23-5-3-4-20(16-23)17-32-18-28(19-32)12-14-33(15-13-28)27(34)30-26-24-6-1-2-7-25(24)36-31-26/h1-11,16H,12-15,17-19H2,(H,30,31,34). The van der Waals surface area contributed by atoms with Crippen molar-refractivity contribution >= 4 is 34.4 Å². The first-order valence-corrected chi connectivity index (χ1v) is 12.6. The van der Waals surface area contributed by atoms with Gasteiger partial charge in [-0.1, -0.05) is 41.0 Å². The molecule has 184 valence electrons. The number of amides is 2. The Balaban J connectivity index is 0.993. The van der Waals surface area contributed by atoms with E-state index in [9.17, 15) is 4.79 Å². The van der Waals surface area contributed by atoms with Gasteiger partial charge in [-0.3, -0.25) is 10.2 Å². The Bertz CT molecular complexity index is 1370. The lowest BCUT2D eigenvalue weighted by atomic mass is 9.72. The Hall–Kier alpha value is -3.55. The summed E-state index contributed by atoms with van der Waals surface area (Å²) in [6, 6.07) is 23.0. The van der Waals surface area contributed by atoms with E-state index in [0.29, 0.717) is 21.8 Å². The van der Waals surface area contributed by atoms with Gasteiger partial charge in [0.15, 0.2) is 11.4 Å². The van der Waals surface area contributed by atoms with Crippen LogP contribution in [0.5, 0.6) is 11.5 Å². The average Bonchev–Trinajstić information content (AvgIpc) is 3.28. The van der Waals surface area contributed by atoms with Crippen LogP contribution in [0.3, 0.4) is 0 Å². The normalized spacial score (nSPS) is 17.2. The summed E-state index contributed by atoms with van der Waals surface area (Å²) in [5.74, 6) is 2.07. The first-order chi connectivity index (χ1) is 17.6. The number of piperidine rings is 1. The number of ether oxygens (including phenoxy) is 1. The molecule has 3 aromatic carbocycles. The van der Waals surface area contributed by atoms with Crippen LogP contribution in [0.15, 0.2) is 77.3 Å². The Morgan fingerprint density at radius 3 is 2.58 bits per heavy atom. The van der Waals surface area contributed by atoms with Gasteiger partial charge < -0.3 is 14.2 Å². The van der Waals surface area contributed by atoms with E-state index in [-0.39, 0.29) is 6.03 Å². The average molecular weight is 503 g/mol. The van der Waals surface area contributed by atoms with Gasteiger partial charge >= 0.3 is 6.03 Å². The van der Waals surface area contributed by atoms with Crippen LogP contribution in [-0.2, 0) is 6.54 Å². The number of fused-ring (bicyclic) bond motifs is 1. The SMILES string of the molecule is O=C(Nc1noc2ccccc12)N1CCC2(CC1)CN(Cc1cccc(Oc3ccc(Cl)cc3)c1)C2. The Labute approximate surface area is 214 Å². The third-order valence-corrected chi connectivity index (χ3v) is 7.44. The molecule has 8 heteroatoms. The fourth-order valence-electron chi connectivity index (χ4n) is 5.28. The number of urea groups is 1. The predicted octanol–water partition coefficient (Wildman–Crippen LogP) is 6.40. The summed E-state index contributed by atoms with van der Waals surface area (Å²) in [5, 5.41) is 8.44. The Morgan fingerprint density at radius 1 is 1.00 bits per heavy atom. The minimum absolute atomic E-state index is 0.113. The largest absolute Gasteiger partial charge is 0.457 e. The summed E-state index contributed by atoms with van der Waals surface area (Å²) in [5.41, 5.74) is 2.20. The van der Waals surface area contributed by atoms with E-state index in [4.69, 9.17) is 20.9 Å². The molecular weight excluding hydrogens is 476 g/mol. The molecule has 2 amide bonds. The van der Waals surface area contributed by atoms with E-state index in [1.54, 1.807) is 0 Å². The maximum absolute atomic E-state index is 12.8. The molecule has 1 aromatic heterocycles. The van der Waals surface area contributed by atoms with Gasteiger partial charge in [0.25, 0.3) is 0 Å². The maximum Gasteiger partial charge on any atom is 0.323 e. The number of hydrogen-bond acceptors (Lipinski definition) is 5. The van der Waals surface area contributed by atoms with Crippen LogP contribution >= 0.6 is 11.6 Å². The number of hydrogen-bond donors (Lipinski definition) is 1. The third-order valence-electron chi connectivity index (χ3n) is 7.19. The lowest BCUT2D eigenvalue weighted by molar-refractivity contribution is -0.0435. The summed E-state index contributed by atoms with van der Waals surface area (Å²) in [4.78, 5) is 17.2. The van der Waals surface area contributed by atoms with Crippen LogP contribution in [0.1, 0.15) is 18.4 Å². The van der Waals surface area contributed by atoms with E-state index in [1.165, 1.54) is 5.56 Å². The van der Waals surface area contributed by atoms with Crippen LogP contribution in [-0.4, -0.2) is 47.2 Å². The van der Waals surface area contributed by atoms with E-state index in [0.717, 1.165) is 62.5 Å². The van der Waals surface area contributed by atoms with Crippen LogP contribution in [0.25, 0.3) is 11.0 Å². The highest BCUT2D eigenvalue weighted by Gasteiger charge is 2.45. The monoisotopic (exact) mass is 502 g/mol. The van der Waals surface area contributed by atoms with Gasteiger partial charge in [-0.05, 0) is 72.4 Å². The summed E-state index contributed by atoms with van der Waals surface area (Å²) >= 11 is 5.96. The first kappa shape index (κ1) is 22.9. The van der Waals surface area contributed by atoms with Crippen molar-refractivity contribution in [2.75, 3.05) is 31.5 Å². The number of likely N-dealkylation sites (tertiary alicyclic amines) is 2. The Morgan fingerprint density at radius 2 is 1.78 bits per heavy atom.